The van der Waals surface area contributed by atoms with Crippen LogP contribution in [0.2, 0.25) is 10.0 Å². The normalized spacial score (nSPS) is 13.1. The maximum atomic E-state index is 13.5. The van der Waals surface area contributed by atoms with Crippen molar-refractivity contribution in [1.29, 1.82) is 0 Å². The van der Waals surface area contributed by atoms with Crippen LogP contribution in [0.1, 0.15) is 38.3 Å². The lowest BCUT2D eigenvalue weighted by molar-refractivity contribution is -0.139. The number of anilines is 1. The Balaban J connectivity index is 2.40. The monoisotopic (exact) mass is 527 g/mol. The van der Waals surface area contributed by atoms with Crippen molar-refractivity contribution in [2.75, 3.05) is 17.1 Å². The van der Waals surface area contributed by atoms with Crippen molar-refractivity contribution >= 4 is 50.7 Å². The number of nitrogens with zero attached hydrogens (tertiary/aromatic N) is 2. The van der Waals surface area contributed by atoms with Crippen LogP contribution in [0.15, 0.2) is 42.5 Å². The van der Waals surface area contributed by atoms with Crippen LogP contribution < -0.4 is 9.62 Å². The number of carbonyl (C=O) groups is 2. The summed E-state index contributed by atoms with van der Waals surface area (Å²) >= 11 is 12.2. The minimum Gasteiger partial charge on any atom is -0.352 e. The molecule has 2 aromatic carbocycles. The molecule has 2 aromatic rings. The van der Waals surface area contributed by atoms with Gasteiger partial charge in [0, 0.05) is 12.6 Å². The van der Waals surface area contributed by atoms with Crippen LogP contribution in [-0.4, -0.2) is 50.0 Å². The van der Waals surface area contributed by atoms with E-state index in [0.717, 1.165) is 22.5 Å². The lowest BCUT2D eigenvalue weighted by Crippen LogP contribution is -2.52. The number of amides is 2. The number of nitrogens with one attached hydrogen (secondary N) is 1. The van der Waals surface area contributed by atoms with Crippen molar-refractivity contribution in [3.8, 4) is 0 Å². The Morgan fingerprint density at radius 2 is 1.65 bits per heavy atom. The summed E-state index contributed by atoms with van der Waals surface area (Å²) in [6, 6.07) is 10.9. The van der Waals surface area contributed by atoms with Crippen LogP contribution in [0.25, 0.3) is 0 Å². The Morgan fingerprint density at radius 3 is 2.18 bits per heavy atom. The van der Waals surface area contributed by atoms with Crippen LogP contribution in [0.4, 0.5) is 5.69 Å². The van der Waals surface area contributed by atoms with E-state index in [0.29, 0.717) is 21.3 Å². The largest absolute Gasteiger partial charge is 0.352 e. The van der Waals surface area contributed by atoms with Crippen LogP contribution in [0.5, 0.6) is 0 Å². The van der Waals surface area contributed by atoms with Crippen molar-refractivity contribution in [3.05, 3.63) is 63.6 Å². The quantitative estimate of drug-likeness (QED) is 0.495. The summed E-state index contributed by atoms with van der Waals surface area (Å²) < 4.78 is 26.1. The van der Waals surface area contributed by atoms with Gasteiger partial charge < -0.3 is 10.2 Å². The van der Waals surface area contributed by atoms with Gasteiger partial charge in [0.05, 0.1) is 22.0 Å². The Labute approximate surface area is 212 Å². The maximum absolute atomic E-state index is 13.5. The summed E-state index contributed by atoms with van der Waals surface area (Å²) in [5.74, 6) is -0.854. The topological polar surface area (TPSA) is 86.8 Å². The molecule has 0 heterocycles. The minimum atomic E-state index is -3.77. The Bertz CT molecular complexity index is 1120. The zero-order valence-electron chi connectivity index (χ0n) is 20.0. The number of hydrogen-bond acceptors (Lipinski definition) is 4. The van der Waals surface area contributed by atoms with E-state index in [9.17, 15) is 18.0 Å². The highest BCUT2D eigenvalue weighted by molar-refractivity contribution is 7.92. The number of carbonyl (C=O) groups excluding carboxylic acids is 2. The zero-order chi connectivity index (χ0) is 25.6. The lowest BCUT2D eigenvalue weighted by Gasteiger charge is -2.32. The first-order chi connectivity index (χ1) is 15.8. The molecule has 0 aliphatic carbocycles. The predicted molar refractivity (Wildman–Crippen MR) is 138 cm³/mol. The molecule has 0 unspecified atom stereocenters. The molecule has 186 valence electrons. The molecule has 2 amide bonds. The van der Waals surface area contributed by atoms with Gasteiger partial charge in [0.1, 0.15) is 12.6 Å². The number of halogens is 2. The molecule has 0 saturated carbocycles. The van der Waals surface area contributed by atoms with E-state index in [2.05, 4.69) is 5.32 Å². The number of aryl methyl sites for hydroxylation is 1. The Kier molecular flexibility index (Phi) is 9.79. The van der Waals surface area contributed by atoms with E-state index >= 15 is 0 Å². The van der Waals surface area contributed by atoms with Crippen LogP contribution in [0.3, 0.4) is 0 Å². The third-order valence-electron chi connectivity index (χ3n) is 5.51. The first-order valence-corrected chi connectivity index (χ1v) is 13.5. The predicted octanol–water partition coefficient (Wildman–Crippen LogP) is 4.40. The first-order valence-electron chi connectivity index (χ1n) is 10.9. The second kappa shape index (κ2) is 11.9. The Morgan fingerprint density at radius 1 is 1.03 bits per heavy atom. The van der Waals surface area contributed by atoms with Gasteiger partial charge in [0.15, 0.2) is 0 Å². The standard InChI is InChI=1S/C24H31Cl2N3O4S/c1-6-17(3)27-24(31)18(4)28(14-19-9-12-21(25)22(26)13-19)23(30)15-29(34(5,32)33)20-10-7-16(2)8-11-20/h7-13,17-18H,6,14-15H2,1-5H3,(H,27,31)/t17-,18+/m0/s1. The summed E-state index contributed by atoms with van der Waals surface area (Å²) in [4.78, 5) is 27.7. The van der Waals surface area contributed by atoms with Crippen molar-refractivity contribution in [1.82, 2.24) is 10.2 Å². The molecule has 7 nitrogen and oxygen atoms in total. The van der Waals surface area contributed by atoms with E-state index in [-0.39, 0.29) is 18.5 Å². The lowest BCUT2D eigenvalue weighted by atomic mass is 10.1. The van der Waals surface area contributed by atoms with Gasteiger partial charge in [-0.2, -0.15) is 0 Å². The maximum Gasteiger partial charge on any atom is 0.244 e. The van der Waals surface area contributed by atoms with Gasteiger partial charge in [-0.3, -0.25) is 13.9 Å². The third-order valence-corrected chi connectivity index (χ3v) is 7.39. The van der Waals surface area contributed by atoms with Gasteiger partial charge in [0.2, 0.25) is 21.8 Å². The molecule has 0 spiro atoms. The van der Waals surface area contributed by atoms with E-state index in [1.165, 1.54) is 4.90 Å². The molecule has 0 aliphatic rings. The molecule has 2 rings (SSSR count). The summed E-state index contributed by atoms with van der Waals surface area (Å²) in [7, 11) is -3.77. The zero-order valence-corrected chi connectivity index (χ0v) is 22.3. The fourth-order valence-corrected chi connectivity index (χ4v) is 4.38. The van der Waals surface area contributed by atoms with E-state index in [1.807, 2.05) is 20.8 Å². The molecule has 0 saturated heterocycles. The molecular formula is C24H31Cl2N3O4S. The average Bonchev–Trinajstić information content (AvgIpc) is 2.77. The number of rotatable bonds is 10. The first kappa shape index (κ1) is 28.0. The highest BCUT2D eigenvalue weighted by Crippen LogP contribution is 2.24. The van der Waals surface area contributed by atoms with Crippen molar-refractivity contribution in [2.45, 2.75) is 52.7 Å². The summed E-state index contributed by atoms with van der Waals surface area (Å²) in [5.41, 5.74) is 1.99. The van der Waals surface area contributed by atoms with Crippen LogP contribution in [-0.2, 0) is 26.2 Å². The van der Waals surface area contributed by atoms with Crippen molar-refractivity contribution in [3.63, 3.8) is 0 Å². The molecule has 0 fully saturated rings. The molecule has 0 bridgehead atoms. The van der Waals surface area contributed by atoms with Crippen molar-refractivity contribution < 1.29 is 18.0 Å². The number of hydrogen-bond donors (Lipinski definition) is 1. The molecule has 34 heavy (non-hydrogen) atoms. The van der Waals surface area contributed by atoms with Gasteiger partial charge in [0.25, 0.3) is 0 Å². The molecular weight excluding hydrogens is 497 g/mol. The molecule has 0 aromatic heterocycles. The SMILES string of the molecule is CC[C@H](C)NC(=O)[C@@H](C)N(Cc1ccc(Cl)c(Cl)c1)C(=O)CN(c1ccc(C)cc1)S(C)(=O)=O. The summed E-state index contributed by atoms with van der Waals surface area (Å²) in [6.45, 7) is 6.92. The fraction of sp³-hybridized carbons (Fsp3) is 0.417. The fourth-order valence-electron chi connectivity index (χ4n) is 3.21. The van der Waals surface area contributed by atoms with Crippen LogP contribution >= 0.6 is 23.2 Å². The average molecular weight is 529 g/mol. The number of sulfonamides is 1. The minimum absolute atomic E-state index is 0.0519. The highest BCUT2D eigenvalue weighted by Gasteiger charge is 2.30. The van der Waals surface area contributed by atoms with Gasteiger partial charge in [-0.15, -0.1) is 0 Å². The van der Waals surface area contributed by atoms with E-state index in [1.54, 1.807) is 49.4 Å². The Hall–Kier alpha value is -2.29. The number of benzene rings is 2. The van der Waals surface area contributed by atoms with Gasteiger partial charge in [-0.05, 0) is 57.0 Å². The van der Waals surface area contributed by atoms with Gasteiger partial charge in [-0.1, -0.05) is 53.9 Å². The van der Waals surface area contributed by atoms with Crippen molar-refractivity contribution in [2.24, 2.45) is 0 Å². The van der Waals surface area contributed by atoms with Crippen LogP contribution in [0, 0.1) is 6.92 Å². The van der Waals surface area contributed by atoms with E-state index < -0.39 is 28.5 Å². The van der Waals surface area contributed by atoms with Gasteiger partial charge in [-0.25, -0.2) is 8.42 Å². The molecule has 2 atom stereocenters. The third kappa shape index (κ3) is 7.61. The second-order valence-corrected chi connectivity index (χ2v) is 11.1. The molecule has 0 radical (unpaired) electrons. The van der Waals surface area contributed by atoms with Gasteiger partial charge >= 0.3 is 0 Å². The smallest absolute Gasteiger partial charge is 0.244 e. The molecule has 0 aliphatic heterocycles. The summed E-state index contributed by atoms with van der Waals surface area (Å²) in [6.07, 6.45) is 1.77. The second-order valence-electron chi connectivity index (χ2n) is 8.37. The molecule has 1 N–H and O–H groups in total. The summed E-state index contributed by atoms with van der Waals surface area (Å²) in [5, 5.41) is 3.57. The van der Waals surface area contributed by atoms with E-state index in [4.69, 9.17) is 23.2 Å². The highest BCUT2D eigenvalue weighted by atomic mass is 35.5. The molecule has 10 heteroatoms.